The second-order valence-electron chi connectivity index (χ2n) is 6.92. The third-order valence-electron chi connectivity index (χ3n) is 4.37. The van der Waals surface area contributed by atoms with Gasteiger partial charge in [0, 0.05) is 5.41 Å². The van der Waals surface area contributed by atoms with Crippen LogP contribution in [0.4, 0.5) is 0 Å². The van der Waals surface area contributed by atoms with Gasteiger partial charge >= 0.3 is 0 Å². The third kappa shape index (κ3) is 2.12. The Morgan fingerprint density at radius 2 is 1.65 bits per heavy atom. The summed E-state index contributed by atoms with van der Waals surface area (Å²) in [5, 5.41) is 0. The lowest BCUT2D eigenvalue weighted by Gasteiger charge is -2.34. The minimum Gasteiger partial charge on any atom is -0.348 e. The molecule has 0 aromatic carbocycles. The normalized spacial score (nSPS) is 49.2. The molecule has 3 rings (SSSR count). The Morgan fingerprint density at radius 1 is 0.950 bits per heavy atom. The van der Waals surface area contributed by atoms with Crippen LogP contribution in [-0.4, -0.2) is 42.8 Å². The minimum absolute atomic E-state index is 0.145. The average Bonchev–Trinajstić information content (AvgIpc) is 2.91. The van der Waals surface area contributed by atoms with Crippen molar-refractivity contribution < 1.29 is 23.7 Å². The van der Waals surface area contributed by atoms with Crippen molar-refractivity contribution in [2.24, 2.45) is 5.41 Å². The van der Waals surface area contributed by atoms with E-state index in [1.165, 1.54) is 0 Å². The van der Waals surface area contributed by atoms with Gasteiger partial charge in [0.25, 0.3) is 0 Å². The first-order valence-electron chi connectivity index (χ1n) is 7.13. The zero-order valence-electron chi connectivity index (χ0n) is 12.8. The van der Waals surface area contributed by atoms with Gasteiger partial charge < -0.3 is 23.7 Å². The lowest BCUT2D eigenvalue weighted by molar-refractivity contribution is -0.232. The molecule has 0 amide bonds. The third-order valence-corrected chi connectivity index (χ3v) is 4.37. The highest BCUT2D eigenvalue weighted by atomic mass is 16.8. The Morgan fingerprint density at radius 3 is 2.20 bits per heavy atom. The first kappa shape index (κ1) is 14.5. The standard InChI is InChI=1S/C15H24O5/c1-7-15(6)10(9-8-16-13(2,3)18-9)17-12-11(15)19-14(4,5)20-12/h7,9-12H,1,8H2,2-6H3/t9?,10-,11+,12-,15+/m1/s1. The fraction of sp³-hybridized carbons (Fsp3) is 0.867. The molecule has 3 aliphatic heterocycles. The van der Waals surface area contributed by atoms with Gasteiger partial charge in [0.05, 0.1) is 6.61 Å². The van der Waals surface area contributed by atoms with E-state index in [2.05, 4.69) is 13.5 Å². The summed E-state index contributed by atoms with van der Waals surface area (Å²) in [7, 11) is 0. The highest BCUT2D eigenvalue weighted by molar-refractivity contribution is 5.12. The summed E-state index contributed by atoms with van der Waals surface area (Å²) in [6.07, 6.45) is 1.00. The van der Waals surface area contributed by atoms with E-state index in [1.54, 1.807) is 0 Å². The fourth-order valence-corrected chi connectivity index (χ4v) is 3.29. The number of hydrogen-bond acceptors (Lipinski definition) is 5. The molecular formula is C15H24O5. The van der Waals surface area contributed by atoms with E-state index in [9.17, 15) is 0 Å². The molecule has 0 aromatic heterocycles. The van der Waals surface area contributed by atoms with E-state index < -0.39 is 11.6 Å². The van der Waals surface area contributed by atoms with Gasteiger partial charge in [-0.3, -0.25) is 0 Å². The Balaban J connectivity index is 1.83. The number of ether oxygens (including phenoxy) is 5. The monoisotopic (exact) mass is 284 g/mol. The molecule has 3 heterocycles. The maximum atomic E-state index is 6.08. The van der Waals surface area contributed by atoms with Crippen molar-refractivity contribution in [3.05, 3.63) is 12.7 Å². The number of rotatable bonds is 2. The van der Waals surface area contributed by atoms with E-state index >= 15 is 0 Å². The largest absolute Gasteiger partial charge is 0.348 e. The van der Waals surface area contributed by atoms with Crippen LogP contribution in [-0.2, 0) is 23.7 Å². The molecule has 0 aliphatic carbocycles. The molecule has 1 unspecified atom stereocenters. The van der Waals surface area contributed by atoms with Crippen LogP contribution >= 0.6 is 0 Å². The Hall–Kier alpha value is -0.460. The second kappa shape index (κ2) is 4.27. The zero-order chi connectivity index (χ0) is 14.8. The molecule has 0 aromatic rings. The molecule has 3 aliphatic rings. The summed E-state index contributed by atoms with van der Waals surface area (Å²) < 4.78 is 29.5. The summed E-state index contributed by atoms with van der Waals surface area (Å²) >= 11 is 0. The van der Waals surface area contributed by atoms with E-state index in [0.717, 1.165) is 0 Å². The maximum absolute atomic E-state index is 6.08. The van der Waals surface area contributed by atoms with Crippen molar-refractivity contribution >= 4 is 0 Å². The van der Waals surface area contributed by atoms with E-state index in [4.69, 9.17) is 23.7 Å². The SMILES string of the molecule is C=C[C@@]1(C)[C@@H](C2COC(C)(C)O2)O[C@@H]2OC(C)(C)O[C@@H]21. The molecule has 0 N–H and O–H groups in total. The molecule has 114 valence electrons. The Bertz CT molecular complexity index is 418. The van der Waals surface area contributed by atoms with Crippen molar-refractivity contribution in [1.82, 2.24) is 0 Å². The fourth-order valence-electron chi connectivity index (χ4n) is 3.29. The smallest absolute Gasteiger partial charge is 0.188 e. The molecule has 0 spiro atoms. The maximum Gasteiger partial charge on any atom is 0.188 e. The summed E-state index contributed by atoms with van der Waals surface area (Å²) in [6, 6.07) is 0. The summed E-state index contributed by atoms with van der Waals surface area (Å²) in [4.78, 5) is 0. The van der Waals surface area contributed by atoms with E-state index in [1.807, 2.05) is 33.8 Å². The van der Waals surface area contributed by atoms with Crippen LogP contribution in [0.5, 0.6) is 0 Å². The molecule has 3 fully saturated rings. The van der Waals surface area contributed by atoms with Gasteiger partial charge in [-0.25, -0.2) is 0 Å². The highest BCUT2D eigenvalue weighted by Gasteiger charge is 2.63. The second-order valence-corrected chi connectivity index (χ2v) is 6.92. The summed E-state index contributed by atoms with van der Waals surface area (Å²) in [6.45, 7) is 14.2. The van der Waals surface area contributed by atoms with Crippen molar-refractivity contribution in [2.75, 3.05) is 6.61 Å². The predicted octanol–water partition coefficient (Wildman–Crippen LogP) is 2.21. The van der Waals surface area contributed by atoms with Crippen LogP contribution in [0.3, 0.4) is 0 Å². The molecule has 0 radical (unpaired) electrons. The van der Waals surface area contributed by atoms with Crippen LogP contribution in [0.1, 0.15) is 34.6 Å². The topological polar surface area (TPSA) is 46.2 Å². The van der Waals surface area contributed by atoms with Crippen LogP contribution in [0.2, 0.25) is 0 Å². The molecule has 5 nitrogen and oxygen atoms in total. The van der Waals surface area contributed by atoms with Crippen molar-refractivity contribution in [1.29, 1.82) is 0 Å². The summed E-state index contributed by atoms with van der Waals surface area (Å²) in [5.74, 6) is -1.20. The van der Waals surface area contributed by atoms with Gasteiger partial charge in [0.2, 0.25) is 0 Å². The summed E-state index contributed by atoms with van der Waals surface area (Å²) in [5.41, 5.74) is -0.368. The first-order chi connectivity index (χ1) is 9.17. The molecule has 20 heavy (non-hydrogen) atoms. The lowest BCUT2D eigenvalue weighted by atomic mass is 9.78. The Labute approximate surface area is 120 Å². The van der Waals surface area contributed by atoms with E-state index in [0.29, 0.717) is 6.61 Å². The van der Waals surface area contributed by atoms with Crippen LogP contribution in [0.25, 0.3) is 0 Å². The first-order valence-corrected chi connectivity index (χ1v) is 7.13. The quantitative estimate of drug-likeness (QED) is 0.728. The van der Waals surface area contributed by atoms with Gasteiger partial charge in [0.1, 0.15) is 18.3 Å². The van der Waals surface area contributed by atoms with Crippen molar-refractivity contribution in [3.8, 4) is 0 Å². The Kier molecular flexibility index (Phi) is 3.09. The van der Waals surface area contributed by atoms with E-state index in [-0.39, 0.29) is 30.0 Å². The number of hydrogen-bond donors (Lipinski definition) is 0. The van der Waals surface area contributed by atoms with Gasteiger partial charge in [-0.2, -0.15) is 0 Å². The molecule has 5 heteroatoms. The van der Waals surface area contributed by atoms with Crippen molar-refractivity contribution in [3.63, 3.8) is 0 Å². The van der Waals surface area contributed by atoms with Crippen molar-refractivity contribution in [2.45, 2.75) is 70.8 Å². The van der Waals surface area contributed by atoms with Gasteiger partial charge in [-0.1, -0.05) is 13.0 Å². The zero-order valence-corrected chi connectivity index (χ0v) is 12.8. The molecule has 0 saturated carbocycles. The van der Waals surface area contributed by atoms with Crippen LogP contribution in [0, 0.1) is 5.41 Å². The molecule has 5 atom stereocenters. The predicted molar refractivity (Wildman–Crippen MR) is 71.9 cm³/mol. The van der Waals surface area contributed by atoms with Gasteiger partial charge in [-0.05, 0) is 27.7 Å². The van der Waals surface area contributed by atoms with Gasteiger partial charge in [-0.15, -0.1) is 6.58 Å². The lowest BCUT2D eigenvalue weighted by Crippen LogP contribution is -2.45. The van der Waals surface area contributed by atoms with Gasteiger partial charge in [0.15, 0.2) is 17.9 Å². The molecule has 3 saturated heterocycles. The van der Waals surface area contributed by atoms with Crippen LogP contribution in [0.15, 0.2) is 12.7 Å². The number of fused-ring (bicyclic) bond motifs is 1. The average molecular weight is 284 g/mol. The minimum atomic E-state index is -0.628. The molecular weight excluding hydrogens is 260 g/mol. The van der Waals surface area contributed by atoms with Crippen LogP contribution < -0.4 is 0 Å². The highest BCUT2D eigenvalue weighted by Crippen LogP contribution is 2.51. The molecule has 0 bridgehead atoms.